The minimum Gasteiger partial charge on any atom is -0.312 e. The van der Waals surface area contributed by atoms with E-state index in [1.165, 1.54) is 11.8 Å². The maximum absolute atomic E-state index is 12.5. The Balaban J connectivity index is 1.70. The Morgan fingerprint density at radius 1 is 1.08 bits per heavy atom. The Bertz CT molecular complexity index is 1000. The molecule has 0 aliphatic heterocycles. The zero-order valence-electron chi connectivity index (χ0n) is 13.8. The molecule has 1 aliphatic rings. The largest absolute Gasteiger partial charge is 0.367 e. The number of carbonyl (C=O) groups is 1. The standard InChI is InChI=1S/C20H13ClN2O2S/c1-26-12-8-9-17(21)16(11-12)20(24)25-23-19-14-6-3-2-5-13(14)18-15(19)7-4-10-22-18/h2-11H,1H3/b23-19-. The average Bonchev–Trinajstić information content (AvgIpc) is 3.00. The topological polar surface area (TPSA) is 51.5 Å². The number of carbonyl (C=O) groups excluding carboxylic acids is 1. The van der Waals surface area contributed by atoms with E-state index in [0.717, 1.165) is 27.3 Å². The van der Waals surface area contributed by atoms with E-state index < -0.39 is 5.97 Å². The summed E-state index contributed by atoms with van der Waals surface area (Å²) in [6.45, 7) is 0. The van der Waals surface area contributed by atoms with Crippen LogP contribution in [0.5, 0.6) is 0 Å². The van der Waals surface area contributed by atoms with E-state index in [-0.39, 0.29) is 0 Å². The molecule has 128 valence electrons. The van der Waals surface area contributed by atoms with Crippen molar-refractivity contribution in [1.29, 1.82) is 0 Å². The van der Waals surface area contributed by atoms with Crippen LogP contribution in [0.25, 0.3) is 11.3 Å². The number of hydrogen-bond donors (Lipinski definition) is 0. The third kappa shape index (κ3) is 2.89. The number of aromatic nitrogens is 1. The van der Waals surface area contributed by atoms with Crippen molar-refractivity contribution in [2.75, 3.05) is 6.26 Å². The lowest BCUT2D eigenvalue weighted by atomic mass is 10.1. The predicted octanol–water partition coefficient (Wildman–Crippen LogP) is 5.05. The van der Waals surface area contributed by atoms with Crippen LogP contribution in [0.3, 0.4) is 0 Å². The van der Waals surface area contributed by atoms with Gasteiger partial charge < -0.3 is 4.84 Å². The zero-order chi connectivity index (χ0) is 18.1. The molecule has 2 aromatic carbocycles. The van der Waals surface area contributed by atoms with Gasteiger partial charge in [0.1, 0.15) is 5.71 Å². The molecule has 0 atom stereocenters. The van der Waals surface area contributed by atoms with Crippen molar-refractivity contribution in [2.24, 2.45) is 5.16 Å². The predicted molar refractivity (Wildman–Crippen MR) is 104 cm³/mol. The van der Waals surface area contributed by atoms with E-state index in [2.05, 4.69) is 10.1 Å². The van der Waals surface area contributed by atoms with Gasteiger partial charge in [0.25, 0.3) is 0 Å². The van der Waals surface area contributed by atoms with Gasteiger partial charge in [0.15, 0.2) is 0 Å². The Morgan fingerprint density at radius 2 is 1.85 bits per heavy atom. The molecule has 0 radical (unpaired) electrons. The first-order chi connectivity index (χ1) is 12.7. The molecule has 26 heavy (non-hydrogen) atoms. The average molecular weight is 381 g/mol. The van der Waals surface area contributed by atoms with E-state index >= 15 is 0 Å². The second-order valence-electron chi connectivity index (χ2n) is 5.61. The Labute approximate surface area is 159 Å². The van der Waals surface area contributed by atoms with Crippen molar-refractivity contribution >= 4 is 35.0 Å². The van der Waals surface area contributed by atoms with Crippen molar-refractivity contribution in [3.05, 3.63) is 82.5 Å². The molecule has 0 unspecified atom stereocenters. The molecule has 0 N–H and O–H groups in total. The quantitative estimate of drug-likeness (QED) is 0.283. The summed E-state index contributed by atoms with van der Waals surface area (Å²) < 4.78 is 0. The Hall–Kier alpha value is -2.63. The van der Waals surface area contributed by atoms with Gasteiger partial charge in [-0.15, -0.1) is 11.8 Å². The first-order valence-electron chi connectivity index (χ1n) is 7.87. The highest BCUT2D eigenvalue weighted by atomic mass is 35.5. The van der Waals surface area contributed by atoms with E-state index in [1.54, 1.807) is 18.3 Å². The zero-order valence-corrected chi connectivity index (χ0v) is 15.3. The molecule has 1 aromatic heterocycles. The molecule has 4 rings (SSSR count). The highest BCUT2D eigenvalue weighted by Gasteiger charge is 2.26. The minimum atomic E-state index is -0.590. The van der Waals surface area contributed by atoms with Crippen LogP contribution in [0.15, 0.2) is 70.8 Å². The molecule has 1 heterocycles. The summed E-state index contributed by atoms with van der Waals surface area (Å²) in [6.07, 6.45) is 3.66. The van der Waals surface area contributed by atoms with Crippen molar-refractivity contribution < 1.29 is 9.63 Å². The summed E-state index contributed by atoms with van der Waals surface area (Å²) in [4.78, 5) is 23.1. The van der Waals surface area contributed by atoms with Gasteiger partial charge in [-0.1, -0.05) is 41.0 Å². The van der Waals surface area contributed by atoms with Crippen LogP contribution in [0.2, 0.25) is 5.02 Å². The summed E-state index contributed by atoms with van der Waals surface area (Å²) in [5.41, 5.74) is 4.42. The minimum absolute atomic E-state index is 0.292. The molecule has 4 nitrogen and oxygen atoms in total. The molecule has 1 aliphatic carbocycles. The molecular weight excluding hydrogens is 368 g/mol. The third-order valence-electron chi connectivity index (χ3n) is 4.11. The normalized spacial score (nSPS) is 13.4. The van der Waals surface area contributed by atoms with Crippen LogP contribution in [0.1, 0.15) is 21.5 Å². The van der Waals surface area contributed by atoms with E-state index in [9.17, 15) is 4.79 Å². The highest BCUT2D eigenvalue weighted by molar-refractivity contribution is 7.98. The highest BCUT2D eigenvalue weighted by Crippen LogP contribution is 2.35. The first kappa shape index (κ1) is 16.8. The number of thioether (sulfide) groups is 1. The molecule has 0 saturated carbocycles. The lowest BCUT2D eigenvalue weighted by Crippen LogP contribution is -2.06. The number of halogens is 1. The molecule has 0 spiro atoms. The van der Waals surface area contributed by atoms with Crippen molar-refractivity contribution in [3.63, 3.8) is 0 Å². The van der Waals surface area contributed by atoms with Gasteiger partial charge in [-0.2, -0.15) is 0 Å². The molecule has 6 heteroatoms. The maximum atomic E-state index is 12.5. The first-order valence-corrected chi connectivity index (χ1v) is 9.47. The number of fused-ring (bicyclic) bond motifs is 3. The third-order valence-corrected chi connectivity index (χ3v) is 5.17. The van der Waals surface area contributed by atoms with Gasteiger partial charge in [-0.05, 0) is 36.6 Å². The summed E-state index contributed by atoms with van der Waals surface area (Å²) >= 11 is 7.66. The monoisotopic (exact) mass is 380 g/mol. The number of hydrogen-bond acceptors (Lipinski definition) is 5. The van der Waals surface area contributed by atoms with Crippen molar-refractivity contribution in [2.45, 2.75) is 4.90 Å². The molecule has 0 amide bonds. The lowest BCUT2D eigenvalue weighted by molar-refractivity contribution is 0.0517. The Morgan fingerprint density at radius 3 is 2.65 bits per heavy atom. The van der Waals surface area contributed by atoms with Crippen LogP contribution in [0.4, 0.5) is 0 Å². The molecule has 0 bridgehead atoms. The Kier molecular flexibility index (Phi) is 4.49. The fourth-order valence-electron chi connectivity index (χ4n) is 2.87. The lowest BCUT2D eigenvalue weighted by Gasteiger charge is -2.05. The second-order valence-corrected chi connectivity index (χ2v) is 6.90. The van der Waals surface area contributed by atoms with E-state index in [4.69, 9.17) is 16.4 Å². The fourth-order valence-corrected chi connectivity index (χ4v) is 3.51. The summed E-state index contributed by atoms with van der Waals surface area (Å²) in [6, 6.07) is 16.8. The van der Waals surface area contributed by atoms with Crippen molar-refractivity contribution in [1.82, 2.24) is 4.98 Å². The van der Waals surface area contributed by atoms with Gasteiger partial charge in [0.2, 0.25) is 0 Å². The van der Waals surface area contributed by atoms with Gasteiger partial charge in [-0.25, -0.2) is 4.79 Å². The molecular formula is C20H13ClN2O2S. The molecule has 0 fully saturated rings. The van der Waals surface area contributed by atoms with Gasteiger partial charge in [-0.3, -0.25) is 4.98 Å². The number of benzene rings is 2. The fraction of sp³-hybridized carbons (Fsp3) is 0.0500. The second kappa shape index (κ2) is 6.94. The number of pyridine rings is 1. The van der Waals surface area contributed by atoms with Crippen LogP contribution in [0, 0.1) is 0 Å². The van der Waals surface area contributed by atoms with Crippen LogP contribution in [-0.4, -0.2) is 22.9 Å². The summed E-state index contributed by atoms with van der Waals surface area (Å²) in [7, 11) is 0. The summed E-state index contributed by atoms with van der Waals surface area (Å²) in [5.74, 6) is -0.590. The van der Waals surface area contributed by atoms with E-state index in [1.807, 2.05) is 48.7 Å². The van der Waals surface area contributed by atoms with Crippen LogP contribution in [-0.2, 0) is 4.84 Å². The van der Waals surface area contributed by atoms with E-state index in [0.29, 0.717) is 16.3 Å². The van der Waals surface area contributed by atoms with Crippen molar-refractivity contribution in [3.8, 4) is 11.3 Å². The SMILES string of the molecule is CSc1ccc(Cl)c(C(=O)O/N=C2/c3ccccc3-c3ncccc32)c1. The van der Waals surface area contributed by atoms with Crippen LogP contribution >= 0.6 is 23.4 Å². The smallest absolute Gasteiger partial charge is 0.312 e. The maximum Gasteiger partial charge on any atom is 0.367 e. The number of nitrogens with zero attached hydrogens (tertiary/aromatic N) is 2. The van der Waals surface area contributed by atoms with Gasteiger partial charge in [0.05, 0.1) is 16.3 Å². The number of rotatable bonds is 3. The van der Waals surface area contributed by atoms with Crippen LogP contribution < -0.4 is 0 Å². The van der Waals surface area contributed by atoms with Gasteiger partial charge >= 0.3 is 5.97 Å². The number of oxime groups is 1. The van der Waals surface area contributed by atoms with Gasteiger partial charge in [0, 0.05) is 27.8 Å². The molecule has 3 aromatic rings. The summed E-state index contributed by atoms with van der Waals surface area (Å²) in [5, 5.41) is 4.48. The molecule has 0 saturated heterocycles.